The van der Waals surface area contributed by atoms with Crippen molar-refractivity contribution in [3.8, 4) is 0 Å². The van der Waals surface area contributed by atoms with E-state index in [1.165, 1.54) is 38.5 Å². The number of ether oxygens (including phenoxy) is 3. The summed E-state index contributed by atoms with van der Waals surface area (Å²) in [5, 5.41) is 9.77. The molecule has 2 N–H and O–H groups in total. The first-order valence-electron chi connectivity index (χ1n) is 26.5. The summed E-state index contributed by atoms with van der Waals surface area (Å²) in [7, 11) is -4.76. The molecule has 0 aliphatic heterocycles. The average molecular weight is 975 g/mol. The van der Waals surface area contributed by atoms with E-state index in [4.69, 9.17) is 23.3 Å². The highest BCUT2D eigenvalue weighted by atomic mass is 31.2. The molecule has 3 unspecified atom stereocenters. The number of phosphoric ester groups is 1. The van der Waals surface area contributed by atoms with Crippen molar-refractivity contribution < 1.29 is 52.2 Å². The van der Waals surface area contributed by atoms with E-state index in [-0.39, 0.29) is 25.9 Å². The molecule has 0 fully saturated rings. The fraction of sp³-hybridized carbons (Fsp3) is 0.696. The van der Waals surface area contributed by atoms with Crippen LogP contribution in [0.3, 0.4) is 0 Å². The lowest BCUT2D eigenvalue weighted by Gasteiger charge is -2.21. The van der Waals surface area contributed by atoms with Crippen LogP contribution < -0.4 is 0 Å². The molecule has 0 aromatic heterocycles. The molecule has 11 nitrogen and oxygen atoms in total. The second-order valence-corrected chi connectivity index (χ2v) is 18.8. The first kappa shape index (κ1) is 64.7. The first-order valence-corrected chi connectivity index (χ1v) is 28.0. The molecule has 0 radical (unpaired) electrons. The molecule has 0 saturated heterocycles. The third-order valence-electron chi connectivity index (χ3n) is 10.8. The lowest BCUT2D eigenvalue weighted by atomic mass is 10.1. The smallest absolute Gasteiger partial charge is 0.462 e. The molecule has 0 aromatic carbocycles. The Kier molecular flexibility index (Phi) is 47.6. The Hall–Kier alpha value is -3.34. The van der Waals surface area contributed by atoms with E-state index in [0.29, 0.717) is 25.7 Å². The molecule has 0 spiro atoms. The molecular formula is C56H95O11P. The minimum absolute atomic E-state index is 0.0844. The molecule has 0 bridgehead atoms. The summed E-state index contributed by atoms with van der Waals surface area (Å²) < 4.78 is 39.3. The van der Waals surface area contributed by atoms with Crippen molar-refractivity contribution in [1.82, 2.24) is 0 Å². The Balaban J connectivity index is 4.83. The van der Waals surface area contributed by atoms with Crippen LogP contribution in [-0.4, -0.2) is 66.5 Å². The quantitative estimate of drug-likeness (QED) is 0.0197. The highest BCUT2D eigenvalue weighted by Gasteiger charge is 2.28. The summed E-state index contributed by atoms with van der Waals surface area (Å²) in [6.07, 6.45) is 55.6. The van der Waals surface area contributed by atoms with E-state index in [2.05, 4.69) is 93.7 Å². The summed E-state index contributed by atoms with van der Waals surface area (Å²) in [5.74, 6) is -1.56. The molecule has 0 aromatic rings. The summed E-state index contributed by atoms with van der Waals surface area (Å²) >= 11 is 0. The third-order valence-corrected chi connectivity index (χ3v) is 11.7. The number of rotatable bonds is 48. The Morgan fingerprint density at radius 2 is 0.794 bits per heavy atom. The molecule has 390 valence electrons. The molecule has 0 aliphatic rings. The zero-order valence-corrected chi connectivity index (χ0v) is 43.7. The Labute approximate surface area is 413 Å². The second-order valence-electron chi connectivity index (χ2n) is 17.3. The summed E-state index contributed by atoms with van der Waals surface area (Å²) in [6.45, 7) is 4.37. The maximum Gasteiger partial charge on any atom is 0.472 e. The molecule has 0 amide bonds. The monoisotopic (exact) mass is 975 g/mol. The lowest BCUT2D eigenvalue weighted by Crippen LogP contribution is -2.30. The van der Waals surface area contributed by atoms with Crippen molar-refractivity contribution in [3.63, 3.8) is 0 Å². The number of carbonyl (C=O) groups is 3. The molecular weight excluding hydrogens is 880 g/mol. The summed E-state index contributed by atoms with van der Waals surface area (Å²) in [6, 6.07) is 0. The van der Waals surface area contributed by atoms with Crippen LogP contribution >= 0.6 is 7.82 Å². The van der Waals surface area contributed by atoms with Crippen molar-refractivity contribution >= 4 is 25.7 Å². The van der Waals surface area contributed by atoms with Gasteiger partial charge in [-0.25, -0.2) is 4.57 Å². The molecule has 68 heavy (non-hydrogen) atoms. The van der Waals surface area contributed by atoms with Crippen LogP contribution in [0, 0.1) is 0 Å². The van der Waals surface area contributed by atoms with Gasteiger partial charge in [-0.2, -0.15) is 0 Å². The van der Waals surface area contributed by atoms with Crippen molar-refractivity contribution in [2.45, 2.75) is 226 Å². The number of unbranched alkanes of at least 4 members (excludes halogenated alkanes) is 17. The van der Waals surface area contributed by atoms with Crippen LogP contribution in [0.2, 0.25) is 0 Å². The Morgan fingerprint density at radius 1 is 0.426 bits per heavy atom. The van der Waals surface area contributed by atoms with Crippen LogP contribution in [0.25, 0.3) is 0 Å². The number of hydrogen-bond donors (Lipinski definition) is 2. The first-order chi connectivity index (χ1) is 33.2. The highest BCUT2D eigenvalue weighted by molar-refractivity contribution is 7.47. The van der Waals surface area contributed by atoms with Crippen molar-refractivity contribution in [2.75, 3.05) is 26.4 Å². The molecule has 12 heteroatoms. The standard InChI is InChI=1S/C56H95O11P/c1-4-7-10-13-16-19-22-24-25-26-27-29-32-35-38-41-44-47-56(60)67-53(49-63-54(58)45-42-39-36-33-30-21-18-15-12-9-6-3)51-65-68(61,62)64-50-52(48-57)66-55(59)46-43-40-37-34-31-28-23-20-17-14-11-8-5-2/h7,10,15-16,18-20,23-25,27,29,35,38,52-53,57H,4-6,8-9,11-14,17,21-22,26,28,30-34,36-37,39-51H2,1-3H3,(H,61,62)/b10-7-,18-15-,19-16-,23-20-,25-24-,29-27-,38-35-. The van der Waals surface area contributed by atoms with Crippen molar-refractivity contribution in [1.29, 1.82) is 0 Å². The number of phosphoric acid groups is 1. The Bertz CT molecular complexity index is 1460. The zero-order valence-electron chi connectivity index (χ0n) is 42.8. The van der Waals surface area contributed by atoms with Crippen LogP contribution in [0.1, 0.15) is 213 Å². The molecule has 0 saturated carbocycles. The average Bonchev–Trinajstić information content (AvgIpc) is 3.32. The van der Waals surface area contributed by atoms with Crippen molar-refractivity contribution in [3.05, 3.63) is 85.1 Å². The topological polar surface area (TPSA) is 155 Å². The van der Waals surface area contributed by atoms with E-state index in [1.807, 2.05) is 12.2 Å². The van der Waals surface area contributed by atoms with Gasteiger partial charge in [0.15, 0.2) is 6.10 Å². The van der Waals surface area contributed by atoms with Gasteiger partial charge in [0.2, 0.25) is 0 Å². The minimum atomic E-state index is -4.76. The van der Waals surface area contributed by atoms with E-state index in [0.717, 1.165) is 109 Å². The van der Waals surface area contributed by atoms with Gasteiger partial charge in [-0.3, -0.25) is 23.4 Å². The minimum Gasteiger partial charge on any atom is -0.462 e. The van der Waals surface area contributed by atoms with E-state index < -0.39 is 57.8 Å². The van der Waals surface area contributed by atoms with E-state index in [1.54, 1.807) is 0 Å². The molecule has 3 atom stereocenters. The van der Waals surface area contributed by atoms with Gasteiger partial charge in [0.25, 0.3) is 0 Å². The van der Waals surface area contributed by atoms with Crippen LogP contribution in [0.15, 0.2) is 85.1 Å². The van der Waals surface area contributed by atoms with Gasteiger partial charge in [0.05, 0.1) is 19.8 Å². The fourth-order valence-corrected chi connectivity index (χ4v) is 7.50. The molecule has 0 aliphatic carbocycles. The SMILES string of the molecule is CC/C=C\C/C=C\C/C=C\C/C=C\C/C=C\CCCC(=O)OC(COC(=O)CCCCCCC/C=C\CCCC)COP(=O)(O)OCC(CO)OC(=O)CCCCCCC/C=C\CCCCCC. The van der Waals surface area contributed by atoms with Gasteiger partial charge in [0.1, 0.15) is 12.7 Å². The van der Waals surface area contributed by atoms with Crippen LogP contribution in [0.5, 0.6) is 0 Å². The number of carbonyl (C=O) groups excluding carboxylic acids is 3. The number of hydrogen-bond acceptors (Lipinski definition) is 10. The molecule has 0 rings (SSSR count). The number of aliphatic hydroxyl groups is 1. The fourth-order valence-electron chi connectivity index (χ4n) is 6.72. The second kappa shape index (κ2) is 50.1. The number of esters is 3. The van der Waals surface area contributed by atoms with Crippen molar-refractivity contribution in [2.24, 2.45) is 0 Å². The van der Waals surface area contributed by atoms with Crippen LogP contribution in [-0.2, 0) is 42.2 Å². The number of aliphatic hydroxyl groups excluding tert-OH is 1. The molecule has 0 heterocycles. The van der Waals surface area contributed by atoms with Gasteiger partial charge in [-0.1, -0.05) is 176 Å². The maximum absolute atomic E-state index is 12.8. The summed E-state index contributed by atoms with van der Waals surface area (Å²) in [5.41, 5.74) is 0. The van der Waals surface area contributed by atoms with Gasteiger partial charge in [-0.15, -0.1) is 0 Å². The van der Waals surface area contributed by atoms with Gasteiger partial charge in [-0.05, 0) is 103 Å². The third kappa shape index (κ3) is 47.7. The van der Waals surface area contributed by atoms with Gasteiger partial charge < -0.3 is 24.2 Å². The van der Waals surface area contributed by atoms with Gasteiger partial charge >= 0.3 is 25.7 Å². The van der Waals surface area contributed by atoms with E-state index in [9.17, 15) is 28.9 Å². The predicted molar refractivity (Wildman–Crippen MR) is 279 cm³/mol. The van der Waals surface area contributed by atoms with Gasteiger partial charge in [0, 0.05) is 19.3 Å². The maximum atomic E-state index is 12.8. The van der Waals surface area contributed by atoms with Crippen LogP contribution in [0.4, 0.5) is 0 Å². The largest absolute Gasteiger partial charge is 0.472 e. The highest BCUT2D eigenvalue weighted by Crippen LogP contribution is 2.43. The Morgan fingerprint density at radius 3 is 1.29 bits per heavy atom. The lowest BCUT2D eigenvalue weighted by molar-refractivity contribution is -0.161. The summed E-state index contributed by atoms with van der Waals surface area (Å²) in [4.78, 5) is 48.3. The predicted octanol–water partition coefficient (Wildman–Crippen LogP) is 15.1. The normalized spacial score (nSPS) is 14.1. The number of allylic oxidation sites excluding steroid dienone is 14. The van der Waals surface area contributed by atoms with E-state index >= 15 is 0 Å². The zero-order chi connectivity index (χ0) is 49.9.